The minimum Gasteiger partial charge on any atom is -0.489 e. The van der Waals surface area contributed by atoms with Gasteiger partial charge in [0.15, 0.2) is 0 Å². The van der Waals surface area contributed by atoms with E-state index in [0.717, 1.165) is 31.4 Å². The molecule has 0 aromatic heterocycles. The zero-order valence-electron chi connectivity index (χ0n) is 12.2. The first-order chi connectivity index (χ1) is 10.2. The second-order valence-corrected chi connectivity index (χ2v) is 6.59. The summed E-state index contributed by atoms with van der Waals surface area (Å²) in [5.41, 5.74) is 0. The fourth-order valence-electron chi connectivity index (χ4n) is 3.16. The average Bonchev–Trinajstić information content (AvgIpc) is 2.45. The zero-order chi connectivity index (χ0) is 14.7. The van der Waals surface area contributed by atoms with Crippen LogP contribution >= 0.6 is 11.6 Å². The van der Waals surface area contributed by atoms with Gasteiger partial charge in [0.1, 0.15) is 11.9 Å². The van der Waals surface area contributed by atoms with Gasteiger partial charge in [0.25, 0.3) is 0 Å². The lowest BCUT2D eigenvalue weighted by molar-refractivity contribution is -0.131. The molecule has 0 spiro atoms. The van der Waals surface area contributed by atoms with Gasteiger partial charge in [0.05, 0.1) is 5.02 Å². The third-order valence-corrected chi connectivity index (χ3v) is 4.86. The maximum Gasteiger partial charge on any atom is 0.223 e. The fourth-order valence-corrected chi connectivity index (χ4v) is 3.34. The molecule has 21 heavy (non-hydrogen) atoms. The van der Waals surface area contributed by atoms with Gasteiger partial charge in [-0.25, -0.2) is 0 Å². The molecule has 3 nitrogen and oxygen atoms in total. The SMILES string of the molecule is O=C(NC1CCCCC1)C1CC(Oc2ccccc2Cl)C1. The van der Waals surface area contributed by atoms with Crippen molar-refractivity contribution in [2.24, 2.45) is 5.92 Å². The molecule has 4 heteroatoms. The van der Waals surface area contributed by atoms with Crippen molar-refractivity contribution in [3.63, 3.8) is 0 Å². The molecule has 0 unspecified atom stereocenters. The number of halogens is 1. The van der Waals surface area contributed by atoms with Crippen molar-refractivity contribution in [1.82, 2.24) is 5.32 Å². The van der Waals surface area contributed by atoms with Crippen LogP contribution < -0.4 is 10.1 Å². The number of benzene rings is 1. The first-order valence-electron chi connectivity index (χ1n) is 7.94. The van der Waals surface area contributed by atoms with Crippen molar-refractivity contribution in [1.29, 1.82) is 0 Å². The molecule has 0 saturated heterocycles. The smallest absolute Gasteiger partial charge is 0.223 e. The van der Waals surface area contributed by atoms with Gasteiger partial charge in [-0.1, -0.05) is 43.0 Å². The maximum absolute atomic E-state index is 12.2. The Bertz CT molecular complexity index is 493. The monoisotopic (exact) mass is 307 g/mol. The van der Waals surface area contributed by atoms with Gasteiger partial charge >= 0.3 is 0 Å². The van der Waals surface area contributed by atoms with Gasteiger partial charge in [0, 0.05) is 12.0 Å². The van der Waals surface area contributed by atoms with Crippen molar-refractivity contribution in [2.45, 2.75) is 57.1 Å². The Balaban J connectivity index is 1.43. The van der Waals surface area contributed by atoms with Gasteiger partial charge in [-0.2, -0.15) is 0 Å². The fraction of sp³-hybridized carbons (Fsp3) is 0.588. The summed E-state index contributed by atoms with van der Waals surface area (Å²) in [5.74, 6) is 1.04. The summed E-state index contributed by atoms with van der Waals surface area (Å²) in [6, 6.07) is 7.89. The van der Waals surface area contributed by atoms with Crippen molar-refractivity contribution in [3.05, 3.63) is 29.3 Å². The minimum absolute atomic E-state index is 0.111. The third kappa shape index (κ3) is 3.70. The molecule has 0 bridgehead atoms. The second-order valence-electron chi connectivity index (χ2n) is 6.18. The molecule has 0 atom stereocenters. The number of hydrogen-bond donors (Lipinski definition) is 1. The molecular formula is C17H22ClNO2. The third-order valence-electron chi connectivity index (χ3n) is 4.55. The van der Waals surface area contributed by atoms with Crippen molar-refractivity contribution < 1.29 is 9.53 Å². The van der Waals surface area contributed by atoms with Crippen LogP contribution in [-0.2, 0) is 4.79 Å². The summed E-state index contributed by atoms with van der Waals surface area (Å²) in [6.07, 6.45) is 7.78. The molecule has 1 amide bonds. The van der Waals surface area contributed by atoms with E-state index in [-0.39, 0.29) is 17.9 Å². The number of nitrogens with one attached hydrogen (secondary N) is 1. The van der Waals surface area contributed by atoms with Crippen molar-refractivity contribution in [3.8, 4) is 5.75 Å². The summed E-state index contributed by atoms with van der Waals surface area (Å²) < 4.78 is 5.84. The van der Waals surface area contributed by atoms with E-state index < -0.39 is 0 Å². The Labute approximate surface area is 131 Å². The van der Waals surface area contributed by atoms with Crippen LogP contribution in [0.2, 0.25) is 5.02 Å². The number of hydrogen-bond acceptors (Lipinski definition) is 2. The van der Waals surface area contributed by atoms with E-state index in [9.17, 15) is 4.79 Å². The molecule has 114 valence electrons. The minimum atomic E-state index is 0.111. The Kier molecular flexibility index (Phi) is 4.69. The van der Waals surface area contributed by atoms with Crippen LogP contribution in [0.3, 0.4) is 0 Å². The maximum atomic E-state index is 12.2. The highest BCUT2D eigenvalue weighted by atomic mass is 35.5. The van der Waals surface area contributed by atoms with Crippen molar-refractivity contribution >= 4 is 17.5 Å². The van der Waals surface area contributed by atoms with Crippen LogP contribution in [0.25, 0.3) is 0 Å². The average molecular weight is 308 g/mol. The first kappa shape index (κ1) is 14.7. The Morgan fingerprint density at radius 3 is 2.57 bits per heavy atom. The lowest BCUT2D eigenvalue weighted by Gasteiger charge is -2.36. The summed E-state index contributed by atoms with van der Waals surface area (Å²) in [5, 5.41) is 3.83. The summed E-state index contributed by atoms with van der Waals surface area (Å²) >= 11 is 6.07. The first-order valence-corrected chi connectivity index (χ1v) is 8.32. The summed E-state index contributed by atoms with van der Waals surface area (Å²) in [7, 11) is 0. The molecular weight excluding hydrogens is 286 g/mol. The normalized spacial score (nSPS) is 26.0. The van der Waals surface area contributed by atoms with Crippen LogP contribution in [0.15, 0.2) is 24.3 Å². The largest absolute Gasteiger partial charge is 0.489 e. The van der Waals surface area contributed by atoms with E-state index in [1.165, 1.54) is 19.3 Å². The second kappa shape index (κ2) is 6.69. The molecule has 0 radical (unpaired) electrons. The zero-order valence-corrected chi connectivity index (χ0v) is 12.9. The number of para-hydroxylation sites is 1. The van der Waals surface area contributed by atoms with Gasteiger partial charge in [-0.15, -0.1) is 0 Å². The Morgan fingerprint density at radius 1 is 1.14 bits per heavy atom. The topological polar surface area (TPSA) is 38.3 Å². The molecule has 2 aliphatic rings. The molecule has 0 heterocycles. The highest BCUT2D eigenvalue weighted by molar-refractivity contribution is 6.32. The molecule has 2 saturated carbocycles. The molecule has 0 aliphatic heterocycles. The number of amides is 1. The quantitative estimate of drug-likeness (QED) is 0.915. The molecule has 1 N–H and O–H groups in total. The van der Waals surface area contributed by atoms with Crippen LogP contribution in [-0.4, -0.2) is 18.1 Å². The number of ether oxygens (including phenoxy) is 1. The highest BCUT2D eigenvalue weighted by Crippen LogP contribution is 2.34. The van der Waals surface area contributed by atoms with E-state index in [4.69, 9.17) is 16.3 Å². The van der Waals surface area contributed by atoms with E-state index in [0.29, 0.717) is 11.1 Å². The standard InChI is InChI=1S/C17H22ClNO2/c18-15-8-4-5-9-16(15)21-14-10-12(11-14)17(20)19-13-6-2-1-3-7-13/h4-5,8-9,12-14H,1-3,6-7,10-11H2,(H,19,20). The summed E-state index contributed by atoms with van der Waals surface area (Å²) in [6.45, 7) is 0. The number of rotatable bonds is 4. The predicted octanol–water partition coefficient (Wildman–Crippen LogP) is 3.95. The van der Waals surface area contributed by atoms with Crippen LogP contribution in [0.5, 0.6) is 5.75 Å². The van der Waals surface area contributed by atoms with Crippen LogP contribution in [0.1, 0.15) is 44.9 Å². The van der Waals surface area contributed by atoms with Gasteiger partial charge < -0.3 is 10.1 Å². The van der Waals surface area contributed by atoms with Gasteiger partial charge in [-0.05, 0) is 37.8 Å². The van der Waals surface area contributed by atoms with E-state index in [1.807, 2.05) is 24.3 Å². The van der Waals surface area contributed by atoms with E-state index in [2.05, 4.69) is 5.32 Å². The molecule has 3 rings (SSSR count). The van der Waals surface area contributed by atoms with Crippen molar-refractivity contribution in [2.75, 3.05) is 0 Å². The number of carbonyl (C=O) groups excluding carboxylic acids is 1. The van der Waals surface area contributed by atoms with Crippen LogP contribution in [0.4, 0.5) is 0 Å². The lowest BCUT2D eigenvalue weighted by Crippen LogP contribution is -2.47. The van der Waals surface area contributed by atoms with E-state index in [1.54, 1.807) is 0 Å². The van der Waals surface area contributed by atoms with E-state index >= 15 is 0 Å². The Hall–Kier alpha value is -1.22. The van der Waals surface area contributed by atoms with Gasteiger partial charge in [0.2, 0.25) is 5.91 Å². The van der Waals surface area contributed by atoms with Crippen LogP contribution in [0, 0.1) is 5.92 Å². The Morgan fingerprint density at radius 2 is 1.86 bits per heavy atom. The molecule has 1 aromatic carbocycles. The molecule has 2 aliphatic carbocycles. The lowest BCUT2D eigenvalue weighted by atomic mass is 9.81. The summed E-state index contributed by atoms with van der Waals surface area (Å²) in [4.78, 5) is 12.2. The highest BCUT2D eigenvalue weighted by Gasteiger charge is 2.37. The predicted molar refractivity (Wildman–Crippen MR) is 83.6 cm³/mol. The number of carbonyl (C=O) groups is 1. The molecule has 2 fully saturated rings. The van der Waals surface area contributed by atoms with Gasteiger partial charge in [-0.3, -0.25) is 4.79 Å². The molecule has 1 aromatic rings.